The summed E-state index contributed by atoms with van der Waals surface area (Å²) in [4.78, 5) is 3.76. The molecule has 2 aromatic rings. The second-order valence-electron chi connectivity index (χ2n) is 4.69. The summed E-state index contributed by atoms with van der Waals surface area (Å²) in [7, 11) is 1.74. The minimum Gasteiger partial charge on any atom is -0.483 e. The molecule has 0 unspecified atom stereocenters. The molecule has 0 amide bonds. The molecule has 7 heteroatoms. The highest BCUT2D eigenvalue weighted by Crippen LogP contribution is 2.28. The zero-order valence-electron chi connectivity index (χ0n) is 11.5. The van der Waals surface area contributed by atoms with Crippen molar-refractivity contribution < 1.29 is 4.74 Å². The molecule has 1 aliphatic rings. The monoisotopic (exact) mass is 274 g/mol. The maximum atomic E-state index is 5.85. The molecule has 1 aliphatic heterocycles. The number of aromatic nitrogens is 4. The molecule has 0 spiro atoms. The predicted molar refractivity (Wildman–Crippen MR) is 74.7 cm³/mol. The first-order valence-corrected chi connectivity index (χ1v) is 6.73. The van der Waals surface area contributed by atoms with Crippen LogP contribution < -0.4 is 15.0 Å². The molecule has 1 N–H and O–H groups in total. The topological polar surface area (TPSA) is 68.1 Å². The molecular formula is C13H18N6O. The van der Waals surface area contributed by atoms with Crippen molar-refractivity contribution in [2.75, 3.05) is 31.1 Å². The van der Waals surface area contributed by atoms with Crippen molar-refractivity contribution in [3.63, 3.8) is 0 Å². The van der Waals surface area contributed by atoms with E-state index >= 15 is 0 Å². The van der Waals surface area contributed by atoms with Crippen LogP contribution in [0.25, 0.3) is 0 Å². The van der Waals surface area contributed by atoms with Gasteiger partial charge in [0.1, 0.15) is 5.75 Å². The number of hydrogen-bond acceptors (Lipinski definition) is 6. The molecule has 0 radical (unpaired) electrons. The molecule has 0 saturated carbocycles. The van der Waals surface area contributed by atoms with Crippen molar-refractivity contribution in [1.29, 1.82) is 0 Å². The molecule has 7 nitrogen and oxygen atoms in total. The summed E-state index contributed by atoms with van der Waals surface area (Å²) in [6, 6.07) is 8.08. The van der Waals surface area contributed by atoms with E-state index in [1.165, 1.54) is 4.80 Å². The SMILES string of the molecule is Cn1nnc(COc2ccccc2N2CCNCC2)n1. The van der Waals surface area contributed by atoms with Crippen LogP contribution in [0.1, 0.15) is 5.82 Å². The van der Waals surface area contributed by atoms with Crippen LogP contribution in [-0.4, -0.2) is 46.4 Å². The summed E-state index contributed by atoms with van der Waals surface area (Å²) >= 11 is 0. The quantitative estimate of drug-likeness (QED) is 0.859. The molecule has 0 aliphatic carbocycles. The number of tetrazole rings is 1. The van der Waals surface area contributed by atoms with E-state index in [1.54, 1.807) is 7.05 Å². The van der Waals surface area contributed by atoms with E-state index in [9.17, 15) is 0 Å². The highest BCUT2D eigenvalue weighted by atomic mass is 16.5. The Morgan fingerprint density at radius 2 is 2.05 bits per heavy atom. The Bertz CT molecular complexity index is 563. The predicted octanol–water partition coefficient (Wildman–Crippen LogP) is 0.199. The first-order valence-electron chi connectivity index (χ1n) is 6.73. The Morgan fingerprint density at radius 1 is 1.25 bits per heavy atom. The fraction of sp³-hybridized carbons (Fsp3) is 0.462. The van der Waals surface area contributed by atoms with Crippen LogP contribution in [0.2, 0.25) is 0 Å². The summed E-state index contributed by atoms with van der Waals surface area (Å²) in [6.07, 6.45) is 0. The van der Waals surface area contributed by atoms with Crippen LogP contribution in [0.4, 0.5) is 5.69 Å². The highest BCUT2D eigenvalue weighted by molar-refractivity contribution is 5.58. The number of nitrogens with one attached hydrogen (secondary N) is 1. The molecule has 106 valence electrons. The lowest BCUT2D eigenvalue weighted by Crippen LogP contribution is -2.43. The van der Waals surface area contributed by atoms with E-state index in [-0.39, 0.29) is 0 Å². The Labute approximate surface area is 117 Å². The van der Waals surface area contributed by atoms with Gasteiger partial charge in [-0.25, -0.2) is 0 Å². The number of benzene rings is 1. The van der Waals surface area contributed by atoms with Crippen LogP contribution in [0.5, 0.6) is 5.75 Å². The fourth-order valence-electron chi connectivity index (χ4n) is 2.27. The fourth-order valence-corrected chi connectivity index (χ4v) is 2.27. The molecule has 1 aromatic carbocycles. The highest BCUT2D eigenvalue weighted by Gasteiger charge is 2.15. The second-order valence-corrected chi connectivity index (χ2v) is 4.69. The van der Waals surface area contributed by atoms with Crippen LogP contribution >= 0.6 is 0 Å². The standard InChI is InChI=1S/C13H18N6O/c1-18-16-13(15-17-18)10-20-12-5-3-2-4-11(12)19-8-6-14-7-9-19/h2-5,14H,6-10H2,1H3. The third-order valence-electron chi connectivity index (χ3n) is 3.23. The number of nitrogens with zero attached hydrogens (tertiary/aromatic N) is 5. The average molecular weight is 274 g/mol. The molecule has 3 rings (SSSR count). The van der Waals surface area contributed by atoms with Gasteiger partial charge in [-0.1, -0.05) is 12.1 Å². The lowest BCUT2D eigenvalue weighted by Gasteiger charge is -2.30. The Kier molecular flexibility index (Phi) is 3.78. The minimum absolute atomic E-state index is 0.330. The van der Waals surface area contributed by atoms with Crippen molar-refractivity contribution in [2.45, 2.75) is 6.61 Å². The van der Waals surface area contributed by atoms with Gasteiger partial charge >= 0.3 is 0 Å². The largest absolute Gasteiger partial charge is 0.483 e. The second kappa shape index (κ2) is 5.87. The van der Waals surface area contributed by atoms with Gasteiger partial charge in [0, 0.05) is 26.2 Å². The van der Waals surface area contributed by atoms with Gasteiger partial charge in [0.15, 0.2) is 6.61 Å². The number of aryl methyl sites for hydroxylation is 1. The lowest BCUT2D eigenvalue weighted by molar-refractivity contribution is 0.295. The maximum absolute atomic E-state index is 5.85. The summed E-state index contributed by atoms with van der Waals surface area (Å²) in [6.45, 7) is 4.31. The van der Waals surface area contributed by atoms with Crippen molar-refractivity contribution in [3.8, 4) is 5.75 Å². The Morgan fingerprint density at radius 3 is 2.80 bits per heavy atom. The van der Waals surface area contributed by atoms with Gasteiger partial charge in [-0.15, -0.1) is 10.2 Å². The summed E-state index contributed by atoms with van der Waals surface area (Å²) < 4.78 is 5.85. The van der Waals surface area contributed by atoms with Crippen LogP contribution in [0, 0.1) is 0 Å². The number of rotatable bonds is 4. The van der Waals surface area contributed by atoms with E-state index < -0.39 is 0 Å². The van der Waals surface area contributed by atoms with Gasteiger partial charge in [-0.3, -0.25) is 0 Å². The van der Waals surface area contributed by atoms with Gasteiger partial charge in [0.2, 0.25) is 5.82 Å². The van der Waals surface area contributed by atoms with Gasteiger partial charge in [0.25, 0.3) is 0 Å². The van der Waals surface area contributed by atoms with E-state index in [0.29, 0.717) is 12.4 Å². The van der Waals surface area contributed by atoms with Crippen molar-refractivity contribution >= 4 is 5.69 Å². The zero-order chi connectivity index (χ0) is 13.8. The molecule has 2 heterocycles. The zero-order valence-corrected chi connectivity index (χ0v) is 11.5. The van der Waals surface area contributed by atoms with E-state index in [1.807, 2.05) is 18.2 Å². The van der Waals surface area contributed by atoms with Crippen molar-refractivity contribution in [3.05, 3.63) is 30.1 Å². The van der Waals surface area contributed by atoms with Crippen molar-refractivity contribution in [2.24, 2.45) is 7.05 Å². The van der Waals surface area contributed by atoms with E-state index in [4.69, 9.17) is 4.74 Å². The number of ether oxygens (including phenoxy) is 1. The maximum Gasteiger partial charge on any atom is 0.212 e. The summed E-state index contributed by atoms with van der Waals surface area (Å²) in [5.74, 6) is 1.45. The third-order valence-corrected chi connectivity index (χ3v) is 3.23. The number of piperazine rings is 1. The number of para-hydroxylation sites is 2. The molecule has 1 aromatic heterocycles. The first kappa shape index (κ1) is 12.9. The van der Waals surface area contributed by atoms with Gasteiger partial charge in [-0.2, -0.15) is 4.80 Å². The first-order chi connectivity index (χ1) is 9.83. The number of hydrogen-bond donors (Lipinski definition) is 1. The van der Waals surface area contributed by atoms with Crippen LogP contribution in [0.15, 0.2) is 24.3 Å². The van der Waals surface area contributed by atoms with Crippen LogP contribution in [0.3, 0.4) is 0 Å². The third kappa shape index (κ3) is 2.88. The van der Waals surface area contributed by atoms with Crippen molar-refractivity contribution in [1.82, 2.24) is 25.5 Å². The summed E-state index contributed by atoms with van der Waals surface area (Å²) in [5, 5.41) is 15.2. The molecule has 20 heavy (non-hydrogen) atoms. The molecule has 0 bridgehead atoms. The molecule has 1 fully saturated rings. The van der Waals surface area contributed by atoms with E-state index in [2.05, 4.69) is 31.7 Å². The Hall–Kier alpha value is -2.15. The molecule has 0 atom stereocenters. The number of anilines is 1. The molecular weight excluding hydrogens is 256 g/mol. The summed E-state index contributed by atoms with van der Waals surface area (Å²) in [5.41, 5.74) is 1.12. The van der Waals surface area contributed by atoms with Crippen LogP contribution in [-0.2, 0) is 13.7 Å². The average Bonchev–Trinajstić information content (AvgIpc) is 2.92. The van der Waals surface area contributed by atoms with Gasteiger partial charge in [0.05, 0.1) is 12.7 Å². The minimum atomic E-state index is 0.330. The lowest BCUT2D eigenvalue weighted by atomic mass is 10.2. The van der Waals surface area contributed by atoms with Gasteiger partial charge in [-0.05, 0) is 17.3 Å². The molecule has 1 saturated heterocycles. The van der Waals surface area contributed by atoms with E-state index in [0.717, 1.165) is 37.6 Å². The van der Waals surface area contributed by atoms with Gasteiger partial charge < -0.3 is 15.0 Å². The Balaban J connectivity index is 1.72. The normalized spacial score (nSPS) is 15.3. The smallest absolute Gasteiger partial charge is 0.212 e.